The lowest BCUT2D eigenvalue weighted by molar-refractivity contribution is 0.0950. The SMILES string of the molecule is CN(CCCNC(=O)c1ccc(C2SCCCS2)cc1)C1CCCCC1. The number of hydrogen-bond acceptors (Lipinski definition) is 4. The van der Waals surface area contributed by atoms with Crippen LogP contribution in [0.15, 0.2) is 24.3 Å². The van der Waals surface area contributed by atoms with E-state index in [2.05, 4.69) is 29.4 Å². The first-order valence-corrected chi connectivity index (χ1v) is 12.2. The van der Waals surface area contributed by atoms with Crippen LogP contribution in [0.4, 0.5) is 0 Å². The summed E-state index contributed by atoms with van der Waals surface area (Å²) in [5, 5.41) is 3.08. The van der Waals surface area contributed by atoms with Crippen LogP contribution in [-0.4, -0.2) is 48.5 Å². The van der Waals surface area contributed by atoms with Gasteiger partial charge in [0.25, 0.3) is 5.91 Å². The molecule has 2 aliphatic rings. The van der Waals surface area contributed by atoms with Crippen molar-refractivity contribution in [1.82, 2.24) is 10.2 Å². The smallest absolute Gasteiger partial charge is 0.251 e. The number of amides is 1. The number of rotatable bonds is 7. The van der Waals surface area contributed by atoms with Gasteiger partial charge in [-0.2, -0.15) is 0 Å². The zero-order valence-electron chi connectivity index (χ0n) is 15.9. The quantitative estimate of drug-likeness (QED) is 0.666. The van der Waals surface area contributed by atoms with Crippen molar-refractivity contribution in [3.05, 3.63) is 35.4 Å². The molecule has 1 saturated heterocycles. The van der Waals surface area contributed by atoms with Gasteiger partial charge in [0, 0.05) is 18.2 Å². The maximum absolute atomic E-state index is 12.3. The Kier molecular flexibility index (Phi) is 8.21. The van der Waals surface area contributed by atoms with Crippen LogP contribution in [0.1, 0.15) is 65.4 Å². The Morgan fingerprint density at radius 1 is 1.08 bits per heavy atom. The molecule has 0 radical (unpaired) electrons. The Bertz CT molecular complexity index is 552. The second-order valence-corrected chi connectivity index (χ2v) is 10.2. The van der Waals surface area contributed by atoms with Gasteiger partial charge >= 0.3 is 0 Å². The zero-order chi connectivity index (χ0) is 18.2. The van der Waals surface area contributed by atoms with Crippen LogP contribution < -0.4 is 5.32 Å². The third kappa shape index (κ3) is 5.93. The molecule has 0 unspecified atom stereocenters. The zero-order valence-corrected chi connectivity index (χ0v) is 17.5. The molecule has 1 aromatic carbocycles. The van der Waals surface area contributed by atoms with E-state index in [1.54, 1.807) is 0 Å². The van der Waals surface area contributed by atoms with Crippen LogP contribution in [-0.2, 0) is 0 Å². The van der Waals surface area contributed by atoms with Crippen molar-refractivity contribution < 1.29 is 4.79 Å². The van der Waals surface area contributed by atoms with E-state index in [1.807, 2.05) is 35.7 Å². The normalized spacial score (nSPS) is 19.6. The molecule has 5 heteroatoms. The number of benzene rings is 1. The number of carbonyl (C=O) groups excluding carboxylic acids is 1. The molecule has 1 aliphatic carbocycles. The Morgan fingerprint density at radius 2 is 1.77 bits per heavy atom. The molecule has 1 amide bonds. The van der Waals surface area contributed by atoms with Gasteiger partial charge in [-0.3, -0.25) is 4.79 Å². The van der Waals surface area contributed by atoms with Crippen LogP contribution in [0.5, 0.6) is 0 Å². The van der Waals surface area contributed by atoms with Crippen molar-refractivity contribution in [3.8, 4) is 0 Å². The molecule has 1 aliphatic heterocycles. The lowest BCUT2D eigenvalue weighted by Gasteiger charge is -2.31. The highest BCUT2D eigenvalue weighted by Crippen LogP contribution is 2.43. The molecule has 0 atom stereocenters. The van der Waals surface area contributed by atoms with Gasteiger partial charge in [-0.25, -0.2) is 0 Å². The summed E-state index contributed by atoms with van der Waals surface area (Å²) in [4.78, 5) is 14.8. The monoisotopic (exact) mass is 392 g/mol. The predicted octanol–water partition coefficient (Wildman–Crippen LogP) is 4.94. The number of hydrogen-bond donors (Lipinski definition) is 1. The molecule has 0 bridgehead atoms. The topological polar surface area (TPSA) is 32.3 Å². The minimum atomic E-state index is 0.0563. The van der Waals surface area contributed by atoms with Gasteiger partial charge in [0.1, 0.15) is 0 Å². The second kappa shape index (κ2) is 10.6. The van der Waals surface area contributed by atoms with Crippen LogP contribution >= 0.6 is 23.5 Å². The summed E-state index contributed by atoms with van der Waals surface area (Å²) < 4.78 is 0.538. The van der Waals surface area contributed by atoms with Crippen molar-refractivity contribution >= 4 is 29.4 Å². The Morgan fingerprint density at radius 3 is 2.46 bits per heavy atom. The summed E-state index contributed by atoms with van der Waals surface area (Å²) in [6.45, 7) is 1.83. The Labute approximate surface area is 167 Å². The summed E-state index contributed by atoms with van der Waals surface area (Å²) in [5.74, 6) is 2.55. The van der Waals surface area contributed by atoms with Gasteiger partial charge < -0.3 is 10.2 Å². The van der Waals surface area contributed by atoms with Crippen LogP contribution in [0.25, 0.3) is 0 Å². The van der Waals surface area contributed by atoms with E-state index >= 15 is 0 Å². The summed E-state index contributed by atoms with van der Waals surface area (Å²) >= 11 is 4.04. The van der Waals surface area contributed by atoms with Crippen LogP contribution in [0, 0.1) is 0 Å². The Hall–Kier alpha value is -0.650. The molecule has 1 heterocycles. The summed E-state index contributed by atoms with van der Waals surface area (Å²) in [5.41, 5.74) is 2.12. The van der Waals surface area contributed by atoms with E-state index in [0.717, 1.165) is 31.1 Å². The molecule has 3 nitrogen and oxygen atoms in total. The largest absolute Gasteiger partial charge is 0.352 e. The minimum absolute atomic E-state index is 0.0563. The third-order valence-electron chi connectivity index (χ3n) is 5.44. The minimum Gasteiger partial charge on any atom is -0.352 e. The summed E-state index contributed by atoms with van der Waals surface area (Å²) in [6.07, 6.45) is 9.16. The van der Waals surface area contributed by atoms with E-state index in [4.69, 9.17) is 0 Å². The molecule has 144 valence electrons. The molecular formula is C21H32N2OS2. The van der Waals surface area contributed by atoms with Crippen molar-refractivity contribution in [3.63, 3.8) is 0 Å². The van der Waals surface area contributed by atoms with E-state index in [9.17, 15) is 4.79 Å². The van der Waals surface area contributed by atoms with E-state index < -0.39 is 0 Å². The maximum atomic E-state index is 12.3. The first kappa shape index (κ1) is 20.1. The van der Waals surface area contributed by atoms with E-state index in [-0.39, 0.29) is 5.91 Å². The van der Waals surface area contributed by atoms with Crippen molar-refractivity contribution in [2.75, 3.05) is 31.6 Å². The molecule has 26 heavy (non-hydrogen) atoms. The summed E-state index contributed by atoms with van der Waals surface area (Å²) in [7, 11) is 2.23. The maximum Gasteiger partial charge on any atom is 0.251 e. The van der Waals surface area contributed by atoms with Gasteiger partial charge in [0.05, 0.1) is 4.58 Å². The molecule has 3 rings (SSSR count). The van der Waals surface area contributed by atoms with Crippen molar-refractivity contribution in [1.29, 1.82) is 0 Å². The highest BCUT2D eigenvalue weighted by molar-refractivity contribution is 8.16. The fourth-order valence-corrected chi connectivity index (χ4v) is 6.70. The van der Waals surface area contributed by atoms with Gasteiger partial charge in [-0.1, -0.05) is 31.4 Å². The average Bonchev–Trinajstić information content (AvgIpc) is 2.72. The van der Waals surface area contributed by atoms with Crippen LogP contribution in [0.3, 0.4) is 0 Å². The van der Waals surface area contributed by atoms with Crippen molar-refractivity contribution in [2.45, 2.75) is 55.6 Å². The van der Waals surface area contributed by atoms with Gasteiger partial charge in [-0.15, -0.1) is 23.5 Å². The van der Waals surface area contributed by atoms with E-state index in [0.29, 0.717) is 4.58 Å². The molecule has 1 saturated carbocycles. The highest BCUT2D eigenvalue weighted by atomic mass is 32.2. The first-order valence-electron chi connectivity index (χ1n) is 10.1. The predicted molar refractivity (Wildman–Crippen MR) is 115 cm³/mol. The van der Waals surface area contributed by atoms with Gasteiger partial charge in [0.15, 0.2) is 0 Å². The molecule has 0 spiro atoms. The lowest BCUT2D eigenvalue weighted by atomic mass is 9.94. The Balaban J connectivity index is 1.37. The van der Waals surface area contributed by atoms with Crippen molar-refractivity contribution in [2.24, 2.45) is 0 Å². The van der Waals surface area contributed by atoms with Gasteiger partial charge in [-0.05, 0) is 68.5 Å². The van der Waals surface area contributed by atoms with Crippen LogP contribution in [0.2, 0.25) is 0 Å². The van der Waals surface area contributed by atoms with E-state index in [1.165, 1.54) is 55.6 Å². The molecule has 0 aromatic heterocycles. The number of nitrogens with zero attached hydrogens (tertiary/aromatic N) is 1. The molecular weight excluding hydrogens is 360 g/mol. The first-order chi connectivity index (χ1) is 12.7. The molecule has 2 fully saturated rings. The fourth-order valence-electron chi connectivity index (χ4n) is 3.81. The third-order valence-corrected chi connectivity index (χ3v) is 8.46. The number of nitrogens with one attached hydrogen (secondary N) is 1. The second-order valence-electron chi connectivity index (χ2n) is 7.43. The summed E-state index contributed by atoms with van der Waals surface area (Å²) in [6, 6.07) is 8.97. The molecule has 1 aromatic rings. The highest BCUT2D eigenvalue weighted by Gasteiger charge is 2.18. The number of thioether (sulfide) groups is 2. The molecule has 1 N–H and O–H groups in total. The average molecular weight is 393 g/mol. The lowest BCUT2D eigenvalue weighted by Crippen LogP contribution is -2.35. The number of carbonyl (C=O) groups is 1. The fraction of sp³-hybridized carbons (Fsp3) is 0.667. The van der Waals surface area contributed by atoms with Gasteiger partial charge in [0.2, 0.25) is 0 Å². The standard InChI is InChI=1S/C21H32N2OS2/c1-23(19-7-3-2-4-8-19)14-5-13-22-20(24)17-9-11-18(12-10-17)21-25-15-6-16-26-21/h9-12,19,21H,2-8,13-16H2,1H3,(H,22,24).